The van der Waals surface area contributed by atoms with Gasteiger partial charge >= 0.3 is 0 Å². The zero-order valence-electron chi connectivity index (χ0n) is 11.5. The molecule has 3 nitrogen and oxygen atoms in total. The predicted molar refractivity (Wildman–Crippen MR) is 75.8 cm³/mol. The first kappa shape index (κ1) is 14.3. The fourth-order valence-corrected chi connectivity index (χ4v) is 2.60. The number of hydrogen-bond acceptors (Lipinski definition) is 3. The second-order valence-electron chi connectivity index (χ2n) is 5.23. The van der Waals surface area contributed by atoms with E-state index < -0.39 is 0 Å². The van der Waals surface area contributed by atoms with Crippen LogP contribution in [0, 0.1) is 11.7 Å². The normalized spacial score (nSPS) is 19.1. The largest absolute Gasteiger partial charge is 0.396 e. The minimum atomic E-state index is -0.185. The fourth-order valence-electron chi connectivity index (χ4n) is 2.60. The minimum absolute atomic E-state index is 0.185. The Labute approximate surface area is 114 Å². The lowest BCUT2D eigenvalue weighted by atomic mass is 10.1. The molecule has 106 valence electrons. The van der Waals surface area contributed by atoms with Gasteiger partial charge in [-0.15, -0.1) is 0 Å². The number of halogens is 1. The molecule has 1 atom stereocenters. The van der Waals surface area contributed by atoms with E-state index in [1.165, 1.54) is 6.07 Å². The summed E-state index contributed by atoms with van der Waals surface area (Å²) in [5.74, 6) is 0.163. The maximum Gasteiger partial charge on any atom is 0.123 e. The second-order valence-corrected chi connectivity index (χ2v) is 5.23. The van der Waals surface area contributed by atoms with Crippen LogP contribution in [-0.4, -0.2) is 31.3 Å². The smallest absolute Gasteiger partial charge is 0.123 e. The van der Waals surface area contributed by atoms with Gasteiger partial charge in [-0.2, -0.15) is 0 Å². The number of aliphatic hydroxyl groups is 1. The number of anilines is 1. The quantitative estimate of drug-likeness (QED) is 0.774. The van der Waals surface area contributed by atoms with Crippen LogP contribution in [0.25, 0.3) is 0 Å². The highest BCUT2D eigenvalue weighted by atomic mass is 19.1. The maximum absolute atomic E-state index is 13.4. The number of nitrogens with one attached hydrogen (secondary N) is 1. The highest BCUT2D eigenvalue weighted by Crippen LogP contribution is 2.27. The van der Waals surface area contributed by atoms with Gasteiger partial charge in [-0.1, -0.05) is 6.92 Å². The van der Waals surface area contributed by atoms with Crippen LogP contribution < -0.4 is 10.2 Å². The third-order valence-corrected chi connectivity index (χ3v) is 3.67. The molecular weight excluding hydrogens is 243 g/mol. The average molecular weight is 266 g/mol. The van der Waals surface area contributed by atoms with Crippen molar-refractivity contribution < 1.29 is 9.50 Å². The number of rotatable bonds is 6. The van der Waals surface area contributed by atoms with Crippen molar-refractivity contribution >= 4 is 5.69 Å². The number of nitrogens with zero attached hydrogens (tertiary/aromatic N) is 1. The number of hydrogen-bond donors (Lipinski definition) is 2. The van der Waals surface area contributed by atoms with E-state index in [1.807, 2.05) is 6.07 Å². The molecule has 4 heteroatoms. The molecule has 2 N–H and O–H groups in total. The van der Waals surface area contributed by atoms with E-state index in [4.69, 9.17) is 0 Å². The Morgan fingerprint density at radius 2 is 2.32 bits per heavy atom. The average Bonchev–Trinajstić information content (AvgIpc) is 2.88. The summed E-state index contributed by atoms with van der Waals surface area (Å²) in [7, 11) is 0. The van der Waals surface area contributed by atoms with Crippen molar-refractivity contribution in [1.82, 2.24) is 5.32 Å². The van der Waals surface area contributed by atoms with E-state index in [0.29, 0.717) is 12.5 Å². The molecule has 0 bridgehead atoms. The van der Waals surface area contributed by atoms with Gasteiger partial charge in [-0.25, -0.2) is 4.39 Å². The lowest BCUT2D eigenvalue weighted by molar-refractivity contribution is 0.238. The monoisotopic (exact) mass is 266 g/mol. The molecule has 0 saturated carbocycles. The summed E-state index contributed by atoms with van der Waals surface area (Å²) in [6, 6.07) is 4.99. The molecule has 2 rings (SSSR count). The first-order chi connectivity index (χ1) is 9.24. The third kappa shape index (κ3) is 3.67. The van der Waals surface area contributed by atoms with Gasteiger partial charge in [0.2, 0.25) is 0 Å². The molecule has 19 heavy (non-hydrogen) atoms. The molecular formula is C15H23FN2O. The van der Waals surface area contributed by atoms with Gasteiger partial charge in [0.25, 0.3) is 0 Å². The van der Waals surface area contributed by atoms with Crippen LogP contribution in [0.1, 0.15) is 25.3 Å². The van der Waals surface area contributed by atoms with Crippen molar-refractivity contribution in [3.8, 4) is 0 Å². The van der Waals surface area contributed by atoms with Crippen LogP contribution >= 0.6 is 0 Å². The predicted octanol–water partition coefficient (Wildman–Crippen LogP) is 2.14. The van der Waals surface area contributed by atoms with Crippen LogP contribution in [-0.2, 0) is 6.54 Å². The summed E-state index contributed by atoms with van der Waals surface area (Å²) >= 11 is 0. The van der Waals surface area contributed by atoms with Crippen molar-refractivity contribution in [2.24, 2.45) is 5.92 Å². The molecule has 0 aromatic heterocycles. The van der Waals surface area contributed by atoms with Gasteiger partial charge in [0, 0.05) is 37.8 Å². The Bertz CT molecular complexity index is 411. The summed E-state index contributed by atoms with van der Waals surface area (Å²) in [4.78, 5) is 2.25. The summed E-state index contributed by atoms with van der Waals surface area (Å²) in [6.45, 7) is 5.80. The summed E-state index contributed by atoms with van der Waals surface area (Å²) in [6.07, 6.45) is 2.08. The molecule has 1 aliphatic heterocycles. The van der Waals surface area contributed by atoms with Crippen molar-refractivity contribution in [3.05, 3.63) is 29.6 Å². The van der Waals surface area contributed by atoms with Crippen molar-refractivity contribution in [3.63, 3.8) is 0 Å². The second kappa shape index (κ2) is 6.87. The summed E-state index contributed by atoms with van der Waals surface area (Å²) in [5, 5.41) is 12.5. The van der Waals surface area contributed by atoms with Crippen LogP contribution in [0.5, 0.6) is 0 Å². The van der Waals surface area contributed by atoms with Crippen LogP contribution in [0.4, 0.5) is 10.1 Å². The van der Waals surface area contributed by atoms with E-state index in [2.05, 4.69) is 17.1 Å². The van der Waals surface area contributed by atoms with Crippen LogP contribution in [0.15, 0.2) is 18.2 Å². The SMILES string of the molecule is CCCNCc1cc(F)ccc1N1CCC(CO)C1. The molecule has 1 heterocycles. The topological polar surface area (TPSA) is 35.5 Å². The maximum atomic E-state index is 13.4. The van der Waals surface area contributed by atoms with Gasteiger partial charge in [0.05, 0.1) is 0 Å². The molecule has 0 radical (unpaired) electrons. The first-order valence-corrected chi connectivity index (χ1v) is 7.09. The molecule has 1 unspecified atom stereocenters. The molecule has 1 aromatic rings. The highest BCUT2D eigenvalue weighted by molar-refractivity contribution is 5.54. The Morgan fingerprint density at radius 1 is 1.47 bits per heavy atom. The van der Waals surface area contributed by atoms with Crippen molar-refractivity contribution in [2.45, 2.75) is 26.3 Å². The van der Waals surface area contributed by atoms with Gasteiger partial charge in [-0.3, -0.25) is 0 Å². The lowest BCUT2D eigenvalue weighted by Gasteiger charge is -2.22. The van der Waals surface area contributed by atoms with Crippen LogP contribution in [0.2, 0.25) is 0 Å². The fraction of sp³-hybridized carbons (Fsp3) is 0.600. The first-order valence-electron chi connectivity index (χ1n) is 7.09. The standard InChI is InChI=1S/C15H23FN2O/c1-2-6-17-9-13-8-14(16)3-4-15(13)18-7-5-12(10-18)11-19/h3-4,8,12,17,19H,2,5-7,9-11H2,1H3. The minimum Gasteiger partial charge on any atom is -0.396 e. The van der Waals surface area contributed by atoms with Gasteiger partial charge in [0.1, 0.15) is 5.82 Å². The summed E-state index contributed by atoms with van der Waals surface area (Å²) in [5.41, 5.74) is 2.10. The molecule has 1 fully saturated rings. The van der Waals surface area contributed by atoms with Gasteiger partial charge in [-0.05, 0) is 43.1 Å². The molecule has 1 aromatic carbocycles. The highest BCUT2D eigenvalue weighted by Gasteiger charge is 2.23. The number of aliphatic hydroxyl groups excluding tert-OH is 1. The molecule has 1 saturated heterocycles. The van der Waals surface area contributed by atoms with Crippen molar-refractivity contribution in [1.29, 1.82) is 0 Å². The zero-order valence-corrected chi connectivity index (χ0v) is 11.5. The Morgan fingerprint density at radius 3 is 3.00 bits per heavy atom. The molecule has 0 aliphatic carbocycles. The molecule has 1 aliphatic rings. The van der Waals surface area contributed by atoms with E-state index in [0.717, 1.165) is 43.7 Å². The Balaban J connectivity index is 2.10. The van der Waals surface area contributed by atoms with E-state index >= 15 is 0 Å². The third-order valence-electron chi connectivity index (χ3n) is 3.67. The Kier molecular flexibility index (Phi) is 5.16. The van der Waals surface area contributed by atoms with Crippen molar-refractivity contribution in [2.75, 3.05) is 31.1 Å². The number of benzene rings is 1. The zero-order chi connectivity index (χ0) is 13.7. The van der Waals surface area contributed by atoms with Crippen LogP contribution in [0.3, 0.4) is 0 Å². The molecule has 0 amide bonds. The van der Waals surface area contributed by atoms with E-state index in [9.17, 15) is 9.50 Å². The van der Waals surface area contributed by atoms with E-state index in [1.54, 1.807) is 6.07 Å². The van der Waals surface area contributed by atoms with E-state index in [-0.39, 0.29) is 12.4 Å². The lowest BCUT2D eigenvalue weighted by Crippen LogP contribution is -2.24. The molecule has 0 spiro atoms. The Hall–Kier alpha value is -1.13. The van der Waals surface area contributed by atoms with Gasteiger partial charge < -0.3 is 15.3 Å². The summed E-state index contributed by atoms with van der Waals surface area (Å²) < 4.78 is 13.4. The van der Waals surface area contributed by atoms with Gasteiger partial charge in [0.15, 0.2) is 0 Å².